The number of carbonyl (C=O) groups excluding carboxylic acids is 2. The molecule has 4 aromatic carbocycles. The van der Waals surface area contributed by atoms with Crippen molar-refractivity contribution in [1.82, 2.24) is 4.90 Å². The van der Waals surface area contributed by atoms with Crippen molar-refractivity contribution in [1.29, 1.82) is 0 Å². The Morgan fingerprint density at radius 1 is 1.00 bits per heavy atom. The van der Waals surface area contributed by atoms with Crippen LogP contribution in [0.2, 0.25) is 0 Å². The van der Waals surface area contributed by atoms with E-state index < -0.39 is 22.3 Å². The first-order valence-electron chi connectivity index (χ1n) is 13.0. The zero-order chi connectivity index (χ0) is 26.9. The molecule has 0 bridgehead atoms. The highest BCUT2D eigenvalue weighted by molar-refractivity contribution is 9.10. The number of nitro groups is 1. The second-order valence-corrected chi connectivity index (χ2v) is 11.5. The molecule has 8 heteroatoms. The Morgan fingerprint density at radius 2 is 1.82 bits per heavy atom. The largest absolute Gasteiger partial charge is 0.324 e. The average molecular weight is 582 g/mol. The number of nitro benzene ring substituents is 1. The predicted molar refractivity (Wildman–Crippen MR) is 152 cm³/mol. The summed E-state index contributed by atoms with van der Waals surface area (Å²) in [5.74, 6) is -1.52. The van der Waals surface area contributed by atoms with Crippen molar-refractivity contribution in [2.75, 3.05) is 11.9 Å². The molecular formula is C31H24BrN3O4. The molecule has 194 valence electrons. The van der Waals surface area contributed by atoms with Gasteiger partial charge in [0.2, 0.25) is 5.91 Å². The van der Waals surface area contributed by atoms with Gasteiger partial charge in [-0.15, -0.1) is 0 Å². The Kier molecular flexibility index (Phi) is 5.47. The number of nitrogens with zero attached hydrogens (tertiary/aromatic N) is 2. The molecule has 2 fully saturated rings. The van der Waals surface area contributed by atoms with Crippen molar-refractivity contribution in [2.24, 2.45) is 5.92 Å². The summed E-state index contributed by atoms with van der Waals surface area (Å²) in [7, 11) is 0. The van der Waals surface area contributed by atoms with Gasteiger partial charge in [0.05, 0.1) is 10.8 Å². The molecule has 3 aliphatic heterocycles. The van der Waals surface area contributed by atoms with E-state index in [-0.39, 0.29) is 23.4 Å². The van der Waals surface area contributed by atoms with Crippen LogP contribution >= 0.6 is 15.9 Å². The Balaban J connectivity index is 1.49. The first-order valence-corrected chi connectivity index (χ1v) is 13.8. The first-order chi connectivity index (χ1) is 18.9. The molecule has 39 heavy (non-hydrogen) atoms. The summed E-state index contributed by atoms with van der Waals surface area (Å²) in [5.41, 5.74) is 1.48. The van der Waals surface area contributed by atoms with Crippen molar-refractivity contribution in [3.8, 4) is 0 Å². The number of amides is 1. The van der Waals surface area contributed by atoms with Crippen LogP contribution in [0.25, 0.3) is 10.8 Å². The van der Waals surface area contributed by atoms with Crippen LogP contribution in [0.4, 0.5) is 11.4 Å². The van der Waals surface area contributed by atoms with Crippen LogP contribution in [0.3, 0.4) is 0 Å². The highest BCUT2D eigenvalue weighted by Crippen LogP contribution is 2.61. The van der Waals surface area contributed by atoms with Gasteiger partial charge in [0.1, 0.15) is 5.54 Å². The van der Waals surface area contributed by atoms with Gasteiger partial charge in [-0.3, -0.25) is 24.6 Å². The van der Waals surface area contributed by atoms with Crippen molar-refractivity contribution in [3.05, 3.63) is 116 Å². The summed E-state index contributed by atoms with van der Waals surface area (Å²) in [6.07, 6.45) is 1.68. The van der Waals surface area contributed by atoms with Gasteiger partial charge < -0.3 is 5.32 Å². The zero-order valence-corrected chi connectivity index (χ0v) is 22.4. The number of anilines is 1. The van der Waals surface area contributed by atoms with Crippen LogP contribution in [0.15, 0.2) is 89.4 Å². The van der Waals surface area contributed by atoms with Crippen LogP contribution in [-0.2, 0) is 10.3 Å². The normalized spacial score (nSPS) is 25.6. The number of benzene rings is 4. The lowest BCUT2D eigenvalue weighted by molar-refractivity contribution is -0.384. The van der Waals surface area contributed by atoms with Crippen LogP contribution in [0.5, 0.6) is 0 Å². The van der Waals surface area contributed by atoms with E-state index in [1.54, 1.807) is 12.1 Å². The molecule has 4 atom stereocenters. The number of fused-ring (bicyclic) bond motifs is 5. The van der Waals surface area contributed by atoms with Crippen molar-refractivity contribution in [3.63, 3.8) is 0 Å². The van der Waals surface area contributed by atoms with Gasteiger partial charge in [0.15, 0.2) is 5.78 Å². The van der Waals surface area contributed by atoms with Crippen molar-refractivity contribution < 1.29 is 14.5 Å². The predicted octanol–water partition coefficient (Wildman–Crippen LogP) is 6.42. The Morgan fingerprint density at radius 3 is 2.64 bits per heavy atom. The number of nitrogens with one attached hydrogen (secondary N) is 1. The van der Waals surface area contributed by atoms with Crippen LogP contribution in [0.1, 0.15) is 40.2 Å². The number of rotatable bonds is 4. The highest BCUT2D eigenvalue weighted by atomic mass is 79.9. The number of ketones is 1. The molecule has 0 radical (unpaired) electrons. The van der Waals surface area contributed by atoms with E-state index in [1.165, 1.54) is 6.07 Å². The lowest BCUT2D eigenvalue weighted by Crippen LogP contribution is -2.52. The first kappa shape index (κ1) is 24.2. The van der Waals surface area contributed by atoms with E-state index in [9.17, 15) is 19.7 Å². The maximum Gasteiger partial charge on any atom is 0.269 e. The molecule has 3 heterocycles. The Labute approximate surface area is 233 Å². The summed E-state index contributed by atoms with van der Waals surface area (Å²) in [6.45, 7) is 0.664. The second-order valence-electron chi connectivity index (χ2n) is 10.6. The van der Waals surface area contributed by atoms with Crippen LogP contribution in [0, 0.1) is 16.0 Å². The summed E-state index contributed by atoms with van der Waals surface area (Å²) < 4.78 is 0.823. The van der Waals surface area contributed by atoms with Gasteiger partial charge in [0.25, 0.3) is 5.69 Å². The molecule has 0 aliphatic carbocycles. The zero-order valence-electron chi connectivity index (χ0n) is 20.8. The van der Waals surface area contributed by atoms with Gasteiger partial charge in [-0.2, -0.15) is 0 Å². The van der Waals surface area contributed by atoms with E-state index in [4.69, 9.17) is 0 Å². The van der Waals surface area contributed by atoms with Gasteiger partial charge in [-0.25, -0.2) is 0 Å². The lowest BCUT2D eigenvalue weighted by Gasteiger charge is -2.37. The maximum absolute atomic E-state index is 14.8. The Bertz CT molecular complexity index is 1700. The van der Waals surface area contributed by atoms with Gasteiger partial charge in [-0.05, 0) is 60.0 Å². The van der Waals surface area contributed by atoms with Crippen molar-refractivity contribution >= 4 is 49.8 Å². The fraction of sp³-hybridized carbons (Fsp3) is 0.226. The van der Waals surface area contributed by atoms with E-state index >= 15 is 0 Å². The van der Waals surface area contributed by atoms with Crippen LogP contribution in [-0.4, -0.2) is 34.1 Å². The summed E-state index contributed by atoms with van der Waals surface area (Å²) in [6, 6.07) is 25.7. The number of Topliss-reactive ketones (excluding diaryl/α,β-unsaturated/α-hetero) is 1. The third-order valence-electron chi connectivity index (χ3n) is 8.75. The van der Waals surface area contributed by atoms with E-state index in [0.29, 0.717) is 23.4 Å². The van der Waals surface area contributed by atoms with Gasteiger partial charge in [-0.1, -0.05) is 64.5 Å². The smallest absolute Gasteiger partial charge is 0.269 e. The van der Waals surface area contributed by atoms with E-state index in [2.05, 4.69) is 26.1 Å². The summed E-state index contributed by atoms with van der Waals surface area (Å²) in [5, 5.41) is 16.8. The molecule has 1 spiro atoms. The molecule has 7 nitrogen and oxygen atoms in total. The standard InChI is InChI=1S/C31H24BrN3O4/c32-22-12-13-25-24(17-22)31(30(37)33-25)28(29(36)21-11-10-18-5-1-2-6-19(18)15-21)27(26-9-4-14-34(26)31)20-7-3-8-23(16-20)35(38)39/h1-3,5-8,10-13,15-17,26-28H,4,9,14H2,(H,33,37)/t26?,27?,28?,31-/m1/s1. The fourth-order valence-corrected chi connectivity index (χ4v) is 7.64. The quantitative estimate of drug-likeness (QED) is 0.170. The number of halogens is 1. The van der Waals surface area contributed by atoms with E-state index in [1.807, 2.05) is 66.7 Å². The van der Waals surface area contributed by atoms with Crippen LogP contribution < -0.4 is 5.32 Å². The number of non-ortho nitro benzene ring substituents is 1. The summed E-state index contributed by atoms with van der Waals surface area (Å²) >= 11 is 3.58. The maximum atomic E-state index is 14.8. The third kappa shape index (κ3) is 3.44. The topological polar surface area (TPSA) is 92.5 Å². The molecule has 0 saturated carbocycles. The number of carbonyl (C=O) groups is 2. The number of hydrogen-bond acceptors (Lipinski definition) is 5. The monoisotopic (exact) mass is 581 g/mol. The molecule has 3 unspecified atom stereocenters. The molecule has 3 aliphatic rings. The summed E-state index contributed by atoms with van der Waals surface area (Å²) in [4.78, 5) is 42.5. The van der Waals surface area contributed by atoms with Gasteiger partial charge >= 0.3 is 0 Å². The SMILES string of the molecule is O=C(c1ccc2ccccc2c1)C1C(c2cccc([N+](=O)[O-])c2)C2CCCN2[C@@]12C(=O)Nc1ccc(Br)cc12. The third-order valence-corrected chi connectivity index (χ3v) is 9.24. The minimum atomic E-state index is -1.22. The molecule has 4 aromatic rings. The molecule has 0 aromatic heterocycles. The Hall–Kier alpha value is -3.88. The molecule has 2 saturated heterocycles. The van der Waals surface area contributed by atoms with Crippen molar-refractivity contribution in [2.45, 2.75) is 30.3 Å². The minimum Gasteiger partial charge on any atom is -0.324 e. The number of hydrogen-bond donors (Lipinski definition) is 1. The highest BCUT2D eigenvalue weighted by Gasteiger charge is 2.69. The second kappa shape index (κ2) is 8.83. The lowest BCUT2D eigenvalue weighted by atomic mass is 9.68. The minimum absolute atomic E-state index is 0.0195. The molecule has 1 N–H and O–H groups in total. The molecular weight excluding hydrogens is 558 g/mol. The molecule has 7 rings (SSSR count). The van der Waals surface area contributed by atoms with Gasteiger partial charge in [0, 0.05) is 45.4 Å². The average Bonchev–Trinajstić information content (AvgIpc) is 3.61. The fourth-order valence-electron chi connectivity index (χ4n) is 7.27. The molecule has 1 amide bonds. The van der Waals surface area contributed by atoms with E-state index in [0.717, 1.165) is 33.7 Å².